The zero-order chi connectivity index (χ0) is 21.8. The molecule has 0 N–H and O–H groups in total. The molecular weight excluding hydrogens is 424 g/mol. The van der Waals surface area contributed by atoms with Crippen molar-refractivity contribution in [2.24, 2.45) is 5.92 Å². The molecule has 0 spiro atoms. The van der Waals surface area contributed by atoms with Gasteiger partial charge in [0.05, 0.1) is 22.3 Å². The number of benzene rings is 2. The van der Waals surface area contributed by atoms with Crippen molar-refractivity contribution in [3.63, 3.8) is 0 Å². The van der Waals surface area contributed by atoms with Crippen molar-refractivity contribution in [1.29, 1.82) is 0 Å². The maximum Gasteiger partial charge on any atom is 0.261 e. The quantitative estimate of drug-likeness (QED) is 0.401. The van der Waals surface area contributed by atoms with E-state index in [2.05, 4.69) is 56.6 Å². The fraction of sp³-hybridized carbons (Fsp3) is 0.440. The lowest BCUT2D eigenvalue weighted by Crippen LogP contribution is -2.28. The topological polar surface area (TPSA) is 34.9 Å². The minimum absolute atomic E-state index is 0.0107. The van der Waals surface area contributed by atoms with Crippen LogP contribution < -0.4 is 5.56 Å². The first-order chi connectivity index (χ1) is 13.7. The van der Waals surface area contributed by atoms with Crippen molar-refractivity contribution in [1.82, 2.24) is 9.55 Å². The second kappa shape index (κ2) is 9.71. The van der Waals surface area contributed by atoms with Gasteiger partial charge in [-0.2, -0.15) is 0 Å². The molecule has 0 aliphatic carbocycles. The highest BCUT2D eigenvalue weighted by molar-refractivity contribution is 9.09. The van der Waals surface area contributed by atoms with E-state index < -0.39 is 0 Å². The molecule has 156 valence electrons. The van der Waals surface area contributed by atoms with E-state index in [1.54, 1.807) is 0 Å². The molecule has 0 fully saturated rings. The van der Waals surface area contributed by atoms with Gasteiger partial charge in [-0.1, -0.05) is 101 Å². The van der Waals surface area contributed by atoms with Crippen LogP contribution in [0.2, 0.25) is 0 Å². The molecule has 0 aliphatic heterocycles. The lowest BCUT2D eigenvalue weighted by molar-refractivity contribution is 0.568. The third-order valence-corrected chi connectivity index (χ3v) is 6.33. The van der Waals surface area contributed by atoms with E-state index >= 15 is 0 Å². The van der Waals surface area contributed by atoms with E-state index in [1.165, 1.54) is 5.56 Å². The van der Waals surface area contributed by atoms with Gasteiger partial charge in [-0.25, -0.2) is 4.98 Å². The van der Waals surface area contributed by atoms with Gasteiger partial charge in [-0.15, -0.1) is 0 Å². The number of hydrogen-bond donors (Lipinski definition) is 0. The highest BCUT2D eigenvalue weighted by Gasteiger charge is 2.22. The van der Waals surface area contributed by atoms with E-state index in [4.69, 9.17) is 4.98 Å². The van der Waals surface area contributed by atoms with E-state index in [9.17, 15) is 4.79 Å². The number of alkyl halides is 1. The Morgan fingerprint density at radius 2 is 1.66 bits per heavy atom. The van der Waals surface area contributed by atoms with Crippen LogP contribution in [-0.2, 0) is 12.0 Å². The number of aromatic nitrogens is 2. The largest absolute Gasteiger partial charge is 0.291 e. The van der Waals surface area contributed by atoms with Gasteiger partial charge in [0.1, 0.15) is 5.82 Å². The number of halogens is 1. The summed E-state index contributed by atoms with van der Waals surface area (Å²) in [6.45, 7) is 15.3. The normalized spacial score (nSPS) is 12.6. The van der Waals surface area contributed by atoms with Gasteiger partial charge in [-0.05, 0) is 34.6 Å². The second-order valence-corrected chi connectivity index (χ2v) is 9.46. The standard InChI is InChI=1S/C23H27BrN2O.C2H6/c1-15(2)20(24)21-25-19-13-17(23(3,4)5)11-12-18(19)22(27)26(21)14-16-9-7-6-8-10-16;1-2/h6-13,15,20H,14H2,1-5H3;1-2H3. The Labute approximate surface area is 183 Å². The van der Waals surface area contributed by atoms with E-state index in [1.807, 2.05) is 60.9 Å². The summed E-state index contributed by atoms with van der Waals surface area (Å²) in [4.78, 5) is 18.3. The Balaban J connectivity index is 0.00000145. The molecule has 1 aromatic heterocycles. The van der Waals surface area contributed by atoms with Gasteiger partial charge in [-0.3, -0.25) is 9.36 Å². The van der Waals surface area contributed by atoms with Crippen LogP contribution in [0.4, 0.5) is 0 Å². The van der Waals surface area contributed by atoms with Crippen molar-refractivity contribution in [2.45, 2.75) is 65.3 Å². The molecule has 2 aromatic carbocycles. The molecule has 0 saturated heterocycles. The number of nitrogens with zero attached hydrogens (tertiary/aromatic N) is 2. The Morgan fingerprint density at radius 3 is 2.21 bits per heavy atom. The van der Waals surface area contributed by atoms with E-state index in [0.29, 0.717) is 17.8 Å². The molecule has 1 unspecified atom stereocenters. The first kappa shape index (κ1) is 23.3. The Kier molecular flexibility index (Phi) is 7.81. The monoisotopic (exact) mass is 456 g/mol. The average molecular weight is 457 g/mol. The van der Waals surface area contributed by atoms with Gasteiger partial charge in [0.15, 0.2) is 0 Å². The highest BCUT2D eigenvalue weighted by Crippen LogP contribution is 2.31. The van der Waals surface area contributed by atoms with Crippen molar-refractivity contribution in [3.8, 4) is 0 Å². The summed E-state index contributed by atoms with van der Waals surface area (Å²) in [6, 6.07) is 16.1. The number of fused-ring (bicyclic) bond motifs is 1. The summed E-state index contributed by atoms with van der Waals surface area (Å²) in [5.41, 5.74) is 3.09. The summed E-state index contributed by atoms with van der Waals surface area (Å²) in [6.07, 6.45) is 0. The Bertz CT molecular complexity index is 1000. The summed E-state index contributed by atoms with van der Waals surface area (Å²) >= 11 is 3.77. The minimum Gasteiger partial charge on any atom is -0.291 e. The van der Waals surface area contributed by atoms with Crippen molar-refractivity contribution < 1.29 is 0 Å². The molecule has 3 rings (SSSR count). The van der Waals surface area contributed by atoms with Crippen LogP contribution in [0.1, 0.15) is 70.2 Å². The van der Waals surface area contributed by atoms with Crippen molar-refractivity contribution >= 4 is 26.8 Å². The van der Waals surface area contributed by atoms with Gasteiger partial charge < -0.3 is 0 Å². The highest BCUT2D eigenvalue weighted by atomic mass is 79.9. The van der Waals surface area contributed by atoms with Gasteiger partial charge >= 0.3 is 0 Å². The van der Waals surface area contributed by atoms with Gasteiger partial charge in [0, 0.05) is 0 Å². The fourth-order valence-electron chi connectivity index (χ4n) is 3.13. The van der Waals surface area contributed by atoms with E-state index in [-0.39, 0.29) is 15.8 Å². The molecule has 4 heteroatoms. The summed E-state index contributed by atoms with van der Waals surface area (Å²) in [5, 5.41) is 0.672. The number of rotatable bonds is 4. The molecule has 29 heavy (non-hydrogen) atoms. The third-order valence-electron chi connectivity index (χ3n) is 4.87. The lowest BCUT2D eigenvalue weighted by atomic mass is 9.86. The van der Waals surface area contributed by atoms with Crippen LogP contribution >= 0.6 is 15.9 Å². The summed E-state index contributed by atoms with van der Waals surface area (Å²) < 4.78 is 1.81. The zero-order valence-corrected chi connectivity index (χ0v) is 20.2. The SMILES string of the molecule is CC.CC(C)C(Br)c1nc2cc(C(C)(C)C)ccc2c(=O)n1Cc1ccccc1. The van der Waals surface area contributed by atoms with Crippen LogP contribution in [0, 0.1) is 5.92 Å². The van der Waals surface area contributed by atoms with Crippen molar-refractivity contribution in [3.05, 3.63) is 75.8 Å². The second-order valence-electron chi connectivity index (χ2n) is 8.47. The predicted octanol–water partition coefficient (Wildman–Crippen LogP) is 6.86. The van der Waals surface area contributed by atoms with E-state index in [0.717, 1.165) is 16.9 Å². The first-order valence-corrected chi connectivity index (χ1v) is 11.3. The fourth-order valence-corrected chi connectivity index (χ4v) is 3.48. The van der Waals surface area contributed by atoms with Crippen LogP contribution in [0.3, 0.4) is 0 Å². The lowest BCUT2D eigenvalue weighted by Gasteiger charge is -2.22. The molecule has 0 radical (unpaired) electrons. The summed E-state index contributed by atoms with van der Waals surface area (Å²) in [7, 11) is 0. The molecule has 0 aliphatic rings. The smallest absolute Gasteiger partial charge is 0.261 e. The first-order valence-electron chi connectivity index (χ1n) is 10.4. The van der Waals surface area contributed by atoms with Crippen molar-refractivity contribution in [2.75, 3.05) is 0 Å². The number of hydrogen-bond acceptors (Lipinski definition) is 2. The Morgan fingerprint density at radius 1 is 1.03 bits per heavy atom. The molecule has 3 aromatic rings. The predicted molar refractivity (Wildman–Crippen MR) is 128 cm³/mol. The zero-order valence-electron chi connectivity index (χ0n) is 18.7. The molecule has 1 atom stereocenters. The van der Waals surface area contributed by atoms with Crippen LogP contribution in [-0.4, -0.2) is 9.55 Å². The van der Waals surface area contributed by atoms with Crippen LogP contribution in [0.15, 0.2) is 53.3 Å². The molecule has 0 amide bonds. The molecule has 3 nitrogen and oxygen atoms in total. The van der Waals surface area contributed by atoms with Gasteiger partial charge in [0.25, 0.3) is 5.56 Å². The molecule has 1 heterocycles. The Hall–Kier alpha value is -1.94. The average Bonchev–Trinajstić information content (AvgIpc) is 2.70. The molecule has 0 saturated carbocycles. The van der Waals surface area contributed by atoms with Crippen LogP contribution in [0.25, 0.3) is 10.9 Å². The maximum absolute atomic E-state index is 13.3. The maximum atomic E-state index is 13.3. The molecule has 0 bridgehead atoms. The van der Waals surface area contributed by atoms with Gasteiger partial charge in [0.2, 0.25) is 0 Å². The minimum atomic E-state index is 0.0107. The third kappa shape index (κ3) is 5.36. The molecular formula is C25H33BrN2O. The van der Waals surface area contributed by atoms with Crippen LogP contribution in [0.5, 0.6) is 0 Å². The summed E-state index contributed by atoms with van der Waals surface area (Å²) in [5.74, 6) is 1.11.